The molecule has 1 aliphatic carbocycles. The Hall–Kier alpha value is -1.24. The molecule has 1 aromatic rings. The van der Waals surface area contributed by atoms with E-state index < -0.39 is 0 Å². The van der Waals surface area contributed by atoms with E-state index in [1.807, 2.05) is 12.1 Å². The number of halogens is 1. The first-order valence-electron chi connectivity index (χ1n) is 5.79. The Kier molecular flexibility index (Phi) is 3.88. The van der Waals surface area contributed by atoms with Crippen LogP contribution >= 0.6 is 11.6 Å². The maximum absolute atomic E-state index is 9.35. The van der Waals surface area contributed by atoms with E-state index in [4.69, 9.17) is 16.9 Å². The van der Waals surface area contributed by atoms with Gasteiger partial charge < -0.3 is 10.0 Å². The molecule has 0 radical (unpaired) electrons. The maximum Gasteiger partial charge on any atom is 0.0702 e. The highest BCUT2D eigenvalue weighted by molar-refractivity contribution is 6.30. The van der Waals surface area contributed by atoms with Crippen molar-refractivity contribution in [1.29, 1.82) is 5.26 Å². The van der Waals surface area contributed by atoms with Crippen molar-refractivity contribution in [3.63, 3.8) is 0 Å². The molecule has 1 N–H and O–H groups in total. The molecule has 4 heteroatoms. The van der Waals surface area contributed by atoms with Crippen molar-refractivity contribution in [3.8, 4) is 6.07 Å². The van der Waals surface area contributed by atoms with Gasteiger partial charge in [-0.2, -0.15) is 5.26 Å². The van der Waals surface area contributed by atoms with Crippen molar-refractivity contribution in [1.82, 2.24) is 0 Å². The van der Waals surface area contributed by atoms with Crippen LogP contribution in [0.4, 0.5) is 5.69 Å². The average Bonchev–Trinajstić information content (AvgIpc) is 3.14. The zero-order chi connectivity index (χ0) is 12.3. The van der Waals surface area contributed by atoms with Crippen molar-refractivity contribution < 1.29 is 5.11 Å². The Morgan fingerprint density at radius 2 is 2.24 bits per heavy atom. The second-order valence-electron chi connectivity index (χ2n) is 4.26. The Morgan fingerprint density at radius 3 is 2.82 bits per heavy atom. The van der Waals surface area contributed by atoms with Gasteiger partial charge in [-0.05, 0) is 25.0 Å². The summed E-state index contributed by atoms with van der Waals surface area (Å²) in [6, 6.07) is 8.18. The lowest BCUT2D eigenvalue weighted by molar-refractivity contribution is 0.282. The zero-order valence-corrected chi connectivity index (χ0v) is 10.3. The molecular weight excluding hydrogens is 236 g/mol. The second kappa shape index (κ2) is 5.39. The summed E-state index contributed by atoms with van der Waals surface area (Å²) in [7, 11) is 0. The summed E-state index contributed by atoms with van der Waals surface area (Å²) >= 11 is 6.00. The monoisotopic (exact) mass is 250 g/mol. The Bertz CT molecular complexity index is 438. The van der Waals surface area contributed by atoms with E-state index in [0.29, 0.717) is 24.0 Å². The fourth-order valence-electron chi connectivity index (χ4n) is 1.99. The smallest absolute Gasteiger partial charge is 0.0702 e. The maximum atomic E-state index is 9.35. The number of hydrogen-bond acceptors (Lipinski definition) is 3. The van der Waals surface area contributed by atoms with Crippen LogP contribution in [0.1, 0.15) is 24.8 Å². The first-order chi connectivity index (χ1) is 8.26. The largest absolute Gasteiger partial charge is 0.392 e. The van der Waals surface area contributed by atoms with Crippen LogP contribution < -0.4 is 4.90 Å². The molecule has 1 aliphatic rings. The standard InChI is InChI=1S/C13H15ClN2O/c14-11-3-2-10(9-17)13(8-11)16(7-1-6-15)12-4-5-12/h2-3,8,12,17H,1,4-5,7,9H2. The van der Waals surface area contributed by atoms with Crippen LogP contribution in [0.15, 0.2) is 18.2 Å². The Balaban J connectivity index is 2.27. The third-order valence-corrected chi connectivity index (χ3v) is 3.21. The first kappa shape index (κ1) is 12.2. The highest BCUT2D eigenvalue weighted by Gasteiger charge is 2.30. The highest BCUT2D eigenvalue weighted by atomic mass is 35.5. The second-order valence-corrected chi connectivity index (χ2v) is 4.70. The van der Waals surface area contributed by atoms with Gasteiger partial charge in [0.1, 0.15) is 0 Å². The third kappa shape index (κ3) is 2.91. The number of benzene rings is 1. The van der Waals surface area contributed by atoms with E-state index in [1.54, 1.807) is 6.07 Å². The Morgan fingerprint density at radius 1 is 1.47 bits per heavy atom. The number of rotatable bonds is 5. The normalized spacial score (nSPS) is 14.4. The highest BCUT2D eigenvalue weighted by Crippen LogP contribution is 2.35. The van der Waals surface area contributed by atoms with E-state index in [2.05, 4.69) is 11.0 Å². The number of anilines is 1. The van der Waals surface area contributed by atoms with Gasteiger partial charge in [0.2, 0.25) is 0 Å². The van der Waals surface area contributed by atoms with Crippen molar-refractivity contribution in [2.45, 2.75) is 31.9 Å². The number of aliphatic hydroxyl groups excluding tert-OH is 1. The molecule has 0 aromatic heterocycles. The fraction of sp³-hybridized carbons (Fsp3) is 0.462. The van der Waals surface area contributed by atoms with Gasteiger partial charge in [-0.1, -0.05) is 17.7 Å². The molecule has 90 valence electrons. The zero-order valence-electron chi connectivity index (χ0n) is 9.56. The quantitative estimate of drug-likeness (QED) is 0.874. The third-order valence-electron chi connectivity index (χ3n) is 2.98. The van der Waals surface area contributed by atoms with Crippen molar-refractivity contribution in [3.05, 3.63) is 28.8 Å². The average molecular weight is 251 g/mol. The molecule has 0 spiro atoms. The van der Waals surface area contributed by atoms with Gasteiger partial charge in [0.25, 0.3) is 0 Å². The molecule has 1 saturated carbocycles. The SMILES string of the molecule is N#CCCN(c1cc(Cl)ccc1CO)C1CC1. The number of hydrogen-bond donors (Lipinski definition) is 1. The lowest BCUT2D eigenvalue weighted by Crippen LogP contribution is -2.27. The van der Waals surface area contributed by atoms with Crippen LogP contribution in [0.5, 0.6) is 0 Å². The minimum Gasteiger partial charge on any atom is -0.392 e. The van der Waals surface area contributed by atoms with E-state index in [0.717, 1.165) is 24.1 Å². The lowest BCUT2D eigenvalue weighted by atomic mass is 10.1. The van der Waals surface area contributed by atoms with Crippen molar-refractivity contribution in [2.24, 2.45) is 0 Å². The summed E-state index contributed by atoms with van der Waals surface area (Å²) in [6.45, 7) is 0.705. The molecule has 0 bridgehead atoms. The van der Waals surface area contributed by atoms with Crippen LogP contribution in [-0.2, 0) is 6.61 Å². The van der Waals surface area contributed by atoms with E-state index >= 15 is 0 Å². The molecule has 0 amide bonds. The van der Waals surface area contributed by atoms with E-state index in [1.165, 1.54) is 0 Å². The van der Waals surface area contributed by atoms with Crippen LogP contribution in [0.25, 0.3) is 0 Å². The summed E-state index contributed by atoms with van der Waals surface area (Å²) in [6.07, 6.45) is 2.81. The summed E-state index contributed by atoms with van der Waals surface area (Å²) in [5, 5.41) is 18.7. The summed E-state index contributed by atoms with van der Waals surface area (Å²) in [5.74, 6) is 0. The summed E-state index contributed by atoms with van der Waals surface area (Å²) in [5.41, 5.74) is 1.84. The minimum absolute atomic E-state index is 0.00226. The summed E-state index contributed by atoms with van der Waals surface area (Å²) in [4.78, 5) is 2.20. The van der Waals surface area contributed by atoms with Gasteiger partial charge in [-0.25, -0.2) is 0 Å². The fourth-order valence-corrected chi connectivity index (χ4v) is 2.16. The molecule has 3 nitrogen and oxygen atoms in total. The van der Waals surface area contributed by atoms with Gasteiger partial charge in [0.15, 0.2) is 0 Å². The van der Waals surface area contributed by atoms with E-state index in [-0.39, 0.29) is 6.61 Å². The molecular formula is C13H15ClN2O. The van der Waals surface area contributed by atoms with Gasteiger partial charge in [-0.3, -0.25) is 0 Å². The Labute approximate surface area is 106 Å². The molecule has 0 atom stereocenters. The van der Waals surface area contributed by atoms with Crippen LogP contribution in [0.3, 0.4) is 0 Å². The van der Waals surface area contributed by atoms with Crippen molar-refractivity contribution >= 4 is 17.3 Å². The molecule has 0 heterocycles. The molecule has 2 rings (SSSR count). The van der Waals surface area contributed by atoms with Crippen molar-refractivity contribution in [2.75, 3.05) is 11.4 Å². The lowest BCUT2D eigenvalue weighted by Gasteiger charge is -2.26. The van der Waals surface area contributed by atoms with Crippen LogP contribution in [0.2, 0.25) is 5.02 Å². The molecule has 0 saturated heterocycles. The molecule has 17 heavy (non-hydrogen) atoms. The van der Waals surface area contributed by atoms with Gasteiger partial charge in [-0.15, -0.1) is 0 Å². The van der Waals surface area contributed by atoms with Gasteiger partial charge >= 0.3 is 0 Å². The summed E-state index contributed by atoms with van der Waals surface area (Å²) < 4.78 is 0. The minimum atomic E-state index is 0.00226. The van der Waals surface area contributed by atoms with Crippen LogP contribution in [0, 0.1) is 11.3 Å². The molecule has 1 aromatic carbocycles. The van der Waals surface area contributed by atoms with Gasteiger partial charge in [0.05, 0.1) is 19.1 Å². The number of nitrogens with zero attached hydrogens (tertiary/aromatic N) is 2. The molecule has 1 fully saturated rings. The molecule has 0 unspecified atom stereocenters. The number of nitriles is 1. The van der Waals surface area contributed by atoms with Gasteiger partial charge in [0, 0.05) is 28.9 Å². The predicted octanol–water partition coefficient (Wildman–Crippen LogP) is 2.71. The first-order valence-corrected chi connectivity index (χ1v) is 6.17. The predicted molar refractivity (Wildman–Crippen MR) is 68.0 cm³/mol. The van der Waals surface area contributed by atoms with Crippen LogP contribution in [-0.4, -0.2) is 17.7 Å². The molecule has 0 aliphatic heterocycles. The topological polar surface area (TPSA) is 47.3 Å². The van der Waals surface area contributed by atoms with E-state index in [9.17, 15) is 5.11 Å². The number of aliphatic hydroxyl groups is 1.